The average Bonchev–Trinajstić information content (AvgIpc) is 2.19. The second-order valence-electron chi connectivity index (χ2n) is 3.39. The SMILES string of the molecule is COc1ccc(C[C@@H](C)CN)cc1. The van der Waals surface area contributed by atoms with Crippen LogP contribution in [0.4, 0.5) is 0 Å². The summed E-state index contributed by atoms with van der Waals surface area (Å²) >= 11 is 0. The van der Waals surface area contributed by atoms with E-state index < -0.39 is 0 Å². The Balaban J connectivity index is 2.58. The topological polar surface area (TPSA) is 35.2 Å². The van der Waals surface area contributed by atoms with Gasteiger partial charge in [0.2, 0.25) is 0 Å². The third kappa shape index (κ3) is 3.07. The number of ether oxygens (including phenoxy) is 1. The normalized spacial score (nSPS) is 12.5. The van der Waals surface area contributed by atoms with Crippen LogP contribution in [0, 0.1) is 5.92 Å². The lowest BCUT2D eigenvalue weighted by Crippen LogP contribution is -2.12. The molecule has 1 atom stereocenters. The first-order valence-electron chi connectivity index (χ1n) is 4.59. The van der Waals surface area contributed by atoms with Crippen molar-refractivity contribution in [2.45, 2.75) is 13.3 Å². The van der Waals surface area contributed by atoms with Gasteiger partial charge in [0, 0.05) is 0 Å². The third-order valence-corrected chi connectivity index (χ3v) is 2.15. The smallest absolute Gasteiger partial charge is 0.118 e. The molecule has 0 radical (unpaired) electrons. The minimum atomic E-state index is 0.549. The Hall–Kier alpha value is -1.02. The predicted octanol–water partition coefficient (Wildman–Crippen LogP) is 1.83. The van der Waals surface area contributed by atoms with E-state index in [4.69, 9.17) is 10.5 Å². The van der Waals surface area contributed by atoms with Crippen LogP contribution in [0.3, 0.4) is 0 Å². The minimum Gasteiger partial charge on any atom is -0.497 e. The Bertz CT molecular complexity index is 243. The summed E-state index contributed by atoms with van der Waals surface area (Å²) in [6.07, 6.45) is 1.04. The standard InChI is InChI=1S/C11H17NO/c1-9(8-12)7-10-3-5-11(13-2)6-4-10/h3-6,9H,7-8,12H2,1-2H3/t9-/m1/s1. The van der Waals surface area contributed by atoms with Crippen LogP contribution >= 0.6 is 0 Å². The van der Waals surface area contributed by atoms with E-state index in [0.717, 1.165) is 18.7 Å². The lowest BCUT2D eigenvalue weighted by atomic mass is 10.0. The van der Waals surface area contributed by atoms with Gasteiger partial charge in [-0.15, -0.1) is 0 Å². The van der Waals surface area contributed by atoms with Gasteiger partial charge in [-0.2, -0.15) is 0 Å². The van der Waals surface area contributed by atoms with Crippen LogP contribution in [0.25, 0.3) is 0 Å². The zero-order valence-electron chi connectivity index (χ0n) is 8.29. The van der Waals surface area contributed by atoms with Crippen LogP contribution in [0.5, 0.6) is 5.75 Å². The van der Waals surface area contributed by atoms with Crippen molar-refractivity contribution >= 4 is 0 Å². The van der Waals surface area contributed by atoms with Gasteiger partial charge in [-0.05, 0) is 36.6 Å². The monoisotopic (exact) mass is 179 g/mol. The Morgan fingerprint density at radius 3 is 2.38 bits per heavy atom. The highest BCUT2D eigenvalue weighted by Crippen LogP contribution is 2.13. The van der Waals surface area contributed by atoms with Gasteiger partial charge < -0.3 is 10.5 Å². The van der Waals surface area contributed by atoms with Crippen LogP contribution in [-0.2, 0) is 6.42 Å². The molecule has 0 aliphatic heterocycles. The molecule has 0 bridgehead atoms. The minimum absolute atomic E-state index is 0.549. The molecule has 0 fully saturated rings. The summed E-state index contributed by atoms with van der Waals surface area (Å²) in [5.41, 5.74) is 6.87. The highest BCUT2D eigenvalue weighted by Gasteiger charge is 2.00. The fourth-order valence-electron chi connectivity index (χ4n) is 1.25. The van der Waals surface area contributed by atoms with Gasteiger partial charge in [-0.25, -0.2) is 0 Å². The molecule has 0 spiro atoms. The fourth-order valence-corrected chi connectivity index (χ4v) is 1.25. The van der Waals surface area contributed by atoms with Crippen LogP contribution < -0.4 is 10.5 Å². The second-order valence-corrected chi connectivity index (χ2v) is 3.39. The second kappa shape index (κ2) is 4.87. The summed E-state index contributed by atoms with van der Waals surface area (Å²) in [5.74, 6) is 1.46. The summed E-state index contributed by atoms with van der Waals surface area (Å²) in [4.78, 5) is 0. The van der Waals surface area contributed by atoms with Crippen molar-refractivity contribution in [3.63, 3.8) is 0 Å². The molecule has 0 aromatic heterocycles. The Morgan fingerprint density at radius 1 is 1.31 bits per heavy atom. The van der Waals surface area contributed by atoms with Crippen molar-refractivity contribution in [3.05, 3.63) is 29.8 Å². The van der Waals surface area contributed by atoms with Crippen LogP contribution in [0.15, 0.2) is 24.3 Å². The van der Waals surface area contributed by atoms with E-state index in [1.807, 2.05) is 12.1 Å². The van der Waals surface area contributed by atoms with E-state index in [0.29, 0.717) is 5.92 Å². The molecular formula is C11H17NO. The molecule has 0 unspecified atom stereocenters. The number of hydrogen-bond donors (Lipinski definition) is 1. The van der Waals surface area contributed by atoms with Crippen molar-refractivity contribution < 1.29 is 4.74 Å². The molecule has 1 aromatic carbocycles. The molecule has 0 aliphatic rings. The van der Waals surface area contributed by atoms with Crippen molar-refractivity contribution in [3.8, 4) is 5.75 Å². The Labute approximate surface area is 79.7 Å². The molecule has 2 nitrogen and oxygen atoms in total. The molecule has 0 saturated carbocycles. The summed E-state index contributed by atoms with van der Waals surface area (Å²) in [7, 11) is 1.68. The fraction of sp³-hybridized carbons (Fsp3) is 0.455. The number of benzene rings is 1. The van der Waals surface area contributed by atoms with Gasteiger partial charge >= 0.3 is 0 Å². The average molecular weight is 179 g/mol. The molecule has 13 heavy (non-hydrogen) atoms. The van der Waals surface area contributed by atoms with E-state index in [1.54, 1.807) is 7.11 Å². The highest BCUT2D eigenvalue weighted by molar-refractivity contribution is 5.27. The van der Waals surface area contributed by atoms with Gasteiger partial charge in [-0.3, -0.25) is 0 Å². The molecule has 0 saturated heterocycles. The lowest BCUT2D eigenvalue weighted by Gasteiger charge is -2.08. The quantitative estimate of drug-likeness (QED) is 0.765. The van der Waals surface area contributed by atoms with Gasteiger partial charge in [0.1, 0.15) is 5.75 Å². The lowest BCUT2D eigenvalue weighted by molar-refractivity contribution is 0.414. The van der Waals surface area contributed by atoms with Crippen LogP contribution in [-0.4, -0.2) is 13.7 Å². The Morgan fingerprint density at radius 2 is 1.92 bits per heavy atom. The number of methoxy groups -OCH3 is 1. The maximum absolute atomic E-state index is 5.55. The van der Waals surface area contributed by atoms with E-state index in [2.05, 4.69) is 19.1 Å². The molecule has 2 N–H and O–H groups in total. The molecule has 1 rings (SSSR count). The summed E-state index contributed by atoms with van der Waals surface area (Å²) in [6.45, 7) is 2.90. The molecular weight excluding hydrogens is 162 g/mol. The molecule has 0 amide bonds. The predicted molar refractivity (Wildman–Crippen MR) is 54.9 cm³/mol. The Kier molecular flexibility index (Phi) is 3.77. The van der Waals surface area contributed by atoms with Gasteiger partial charge in [0.15, 0.2) is 0 Å². The van der Waals surface area contributed by atoms with E-state index in [-0.39, 0.29) is 0 Å². The van der Waals surface area contributed by atoms with Crippen molar-refractivity contribution in [2.24, 2.45) is 11.7 Å². The van der Waals surface area contributed by atoms with Crippen molar-refractivity contribution in [2.75, 3.05) is 13.7 Å². The van der Waals surface area contributed by atoms with Gasteiger partial charge in [0.05, 0.1) is 7.11 Å². The van der Waals surface area contributed by atoms with Crippen LogP contribution in [0.1, 0.15) is 12.5 Å². The largest absolute Gasteiger partial charge is 0.497 e. The first-order valence-corrected chi connectivity index (χ1v) is 4.59. The molecule has 0 heterocycles. The number of hydrogen-bond acceptors (Lipinski definition) is 2. The maximum atomic E-state index is 5.55. The number of nitrogens with two attached hydrogens (primary N) is 1. The maximum Gasteiger partial charge on any atom is 0.118 e. The van der Waals surface area contributed by atoms with Crippen molar-refractivity contribution in [1.29, 1.82) is 0 Å². The molecule has 1 aromatic rings. The van der Waals surface area contributed by atoms with E-state index in [1.165, 1.54) is 5.56 Å². The zero-order chi connectivity index (χ0) is 9.68. The van der Waals surface area contributed by atoms with E-state index in [9.17, 15) is 0 Å². The zero-order valence-corrected chi connectivity index (χ0v) is 8.29. The first kappa shape index (κ1) is 10.1. The van der Waals surface area contributed by atoms with Gasteiger partial charge in [0.25, 0.3) is 0 Å². The molecule has 72 valence electrons. The summed E-state index contributed by atoms with van der Waals surface area (Å²) in [6, 6.07) is 8.15. The summed E-state index contributed by atoms with van der Waals surface area (Å²) < 4.78 is 5.08. The summed E-state index contributed by atoms with van der Waals surface area (Å²) in [5, 5.41) is 0. The molecule has 0 aliphatic carbocycles. The van der Waals surface area contributed by atoms with Crippen LogP contribution in [0.2, 0.25) is 0 Å². The van der Waals surface area contributed by atoms with Crippen molar-refractivity contribution in [1.82, 2.24) is 0 Å². The van der Waals surface area contributed by atoms with Gasteiger partial charge in [-0.1, -0.05) is 19.1 Å². The number of rotatable bonds is 4. The highest BCUT2D eigenvalue weighted by atomic mass is 16.5. The molecule has 2 heteroatoms. The first-order chi connectivity index (χ1) is 6.26. The third-order valence-electron chi connectivity index (χ3n) is 2.15. The van der Waals surface area contributed by atoms with E-state index >= 15 is 0 Å².